The number of aliphatic carboxylic acids is 1. The number of ether oxygens (including phenoxy) is 3. The van der Waals surface area contributed by atoms with E-state index in [9.17, 15) is 9.59 Å². The number of nitrogens with zero attached hydrogens (tertiary/aromatic N) is 2. The van der Waals surface area contributed by atoms with Gasteiger partial charge in [0.2, 0.25) is 0 Å². The Bertz CT molecular complexity index is 1010. The highest BCUT2D eigenvalue weighted by Crippen LogP contribution is 2.25. The third-order valence-corrected chi connectivity index (χ3v) is 4.70. The third kappa shape index (κ3) is 6.86. The molecule has 1 N–H and O–H groups in total. The molecule has 0 saturated carbocycles. The van der Waals surface area contributed by atoms with Crippen LogP contribution in [0.15, 0.2) is 47.6 Å². The van der Waals surface area contributed by atoms with Crippen molar-refractivity contribution in [1.82, 2.24) is 0 Å². The minimum atomic E-state index is -0.943. The largest absolute Gasteiger partial charge is 0.494 e. The average Bonchev–Trinajstić information content (AvgIpc) is 3.22. The lowest BCUT2D eigenvalue weighted by Gasteiger charge is -2.15. The van der Waals surface area contributed by atoms with Crippen molar-refractivity contribution in [2.75, 3.05) is 37.9 Å². The molecule has 1 aliphatic heterocycles. The molecular weight excluding hydrogens is 428 g/mol. The van der Waals surface area contributed by atoms with Crippen LogP contribution in [-0.2, 0) is 20.8 Å². The van der Waals surface area contributed by atoms with Crippen LogP contribution in [0.1, 0.15) is 31.4 Å². The minimum Gasteiger partial charge on any atom is -0.494 e. The van der Waals surface area contributed by atoms with Gasteiger partial charge in [0.05, 0.1) is 19.6 Å². The van der Waals surface area contributed by atoms with Crippen LogP contribution in [-0.4, -0.2) is 55.9 Å². The van der Waals surface area contributed by atoms with Gasteiger partial charge in [0.25, 0.3) is 0 Å². The summed E-state index contributed by atoms with van der Waals surface area (Å²) in [7, 11) is 0. The molecule has 0 atom stereocenters. The number of oxime groups is 1. The van der Waals surface area contributed by atoms with Crippen molar-refractivity contribution >= 4 is 23.5 Å². The lowest BCUT2D eigenvalue weighted by molar-refractivity contribution is -0.136. The molecule has 1 fully saturated rings. The van der Waals surface area contributed by atoms with Crippen molar-refractivity contribution in [3.05, 3.63) is 53.6 Å². The number of carboxylic acids is 1. The first-order valence-corrected chi connectivity index (χ1v) is 10.8. The molecule has 176 valence electrons. The van der Waals surface area contributed by atoms with Crippen molar-refractivity contribution in [2.45, 2.75) is 26.7 Å². The number of cyclic esters (lactones) is 1. The number of rotatable bonds is 12. The van der Waals surface area contributed by atoms with E-state index in [-0.39, 0.29) is 19.1 Å². The van der Waals surface area contributed by atoms with E-state index >= 15 is 0 Å². The maximum Gasteiger partial charge on any atom is 0.414 e. The number of benzene rings is 2. The van der Waals surface area contributed by atoms with Crippen LogP contribution < -0.4 is 14.4 Å². The van der Waals surface area contributed by atoms with Gasteiger partial charge in [0.15, 0.2) is 0 Å². The van der Waals surface area contributed by atoms with Gasteiger partial charge in [-0.3, -0.25) is 9.69 Å². The highest BCUT2D eigenvalue weighted by atomic mass is 16.6. The molecule has 2 aromatic carbocycles. The van der Waals surface area contributed by atoms with Crippen LogP contribution in [0.5, 0.6) is 11.5 Å². The van der Waals surface area contributed by atoms with Gasteiger partial charge in [0.1, 0.15) is 37.0 Å². The fourth-order valence-electron chi connectivity index (χ4n) is 3.25. The summed E-state index contributed by atoms with van der Waals surface area (Å²) in [6.45, 7) is 5.62. The molecule has 0 unspecified atom stereocenters. The van der Waals surface area contributed by atoms with Crippen LogP contribution >= 0.6 is 0 Å². The van der Waals surface area contributed by atoms with Crippen molar-refractivity contribution in [3.8, 4) is 11.5 Å². The standard InChI is InChI=1S/C24H28N2O7/c1-3-9-33-25-22(18-6-5-7-19(14-18)26-8-10-31-24(26)29)16-32-21-12-17(13-23(27)28)11-20(15-21)30-4-2/h5-7,11-12,14-15H,3-4,8-10,13,16H2,1-2H3,(H,27,28). The highest BCUT2D eigenvalue weighted by molar-refractivity contribution is 6.03. The molecule has 0 bridgehead atoms. The second-order valence-corrected chi connectivity index (χ2v) is 7.29. The van der Waals surface area contributed by atoms with Crippen molar-refractivity contribution in [2.24, 2.45) is 5.16 Å². The Morgan fingerprint density at radius 2 is 1.94 bits per heavy atom. The maximum absolute atomic E-state index is 11.9. The quantitative estimate of drug-likeness (QED) is 0.293. The molecule has 33 heavy (non-hydrogen) atoms. The summed E-state index contributed by atoms with van der Waals surface area (Å²) in [6, 6.07) is 12.4. The molecule has 1 amide bonds. The number of carboxylic acid groups (broad SMARTS) is 1. The summed E-state index contributed by atoms with van der Waals surface area (Å²) in [5, 5.41) is 13.4. The van der Waals surface area contributed by atoms with Gasteiger partial charge in [-0.05, 0) is 43.2 Å². The first kappa shape index (κ1) is 23.9. The first-order chi connectivity index (χ1) is 16.0. The van der Waals surface area contributed by atoms with Crippen LogP contribution in [0.2, 0.25) is 0 Å². The molecule has 0 spiro atoms. The van der Waals surface area contributed by atoms with E-state index in [0.29, 0.717) is 54.8 Å². The molecule has 9 nitrogen and oxygen atoms in total. The molecule has 0 radical (unpaired) electrons. The molecule has 9 heteroatoms. The topological polar surface area (TPSA) is 107 Å². The fourth-order valence-corrected chi connectivity index (χ4v) is 3.25. The Kier molecular flexibility index (Phi) is 8.51. The van der Waals surface area contributed by atoms with E-state index in [1.165, 1.54) is 0 Å². The summed E-state index contributed by atoms with van der Waals surface area (Å²) in [5.74, 6) is 0.0447. The zero-order valence-corrected chi connectivity index (χ0v) is 18.8. The summed E-state index contributed by atoms with van der Waals surface area (Å²) in [4.78, 5) is 30.1. The second-order valence-electron chi connectivity index (χ2n) is 7.29. The second kappa shape index (κ2) is 11.8. The Morgan fingerprint density at radius 3 is 2.61 bits per heavy atom. The number of anilines is 1. The summed E-state index contributed by atoms with van der Waals surface area (Å²) in [6.07, 6.45) is 0.265. The van der Waals surface area contributed by atoms with E-state index in [2.05, 4.69) is 5.16 Å². The molecular formula is C24H28N2O7. The van der Waals surface area contributed by atoms with Gasteiger partial charge in [-0.25, -0.2) is 4.79 Å². The van der Waals surface area contributed by atoms with Crippen LogP contribution in [0.3, 0.4) is 0 Å². The number of amides is 1. The lowest BCUT2D eigenvalue weighted by atomic mass is 10.1. The van der Waals surface area contributed by atoms with Crippen molar-refractivity contribution in [3.63, 3.8) is 0 Å². The lowest BCUT2D eigenvalue weighted by Crippen LogP contribution is -2.24. The van der Waals surface area contributed by atoms with Gasteiger partial charge >= 0.3 is 12.1 Å². The molecule has 3 rings (SSSR count). The molecule has 1 heterocycles. The monoisotopic (exact) mass is 456 g/mol. The SMILES string of the molecule is CCCON=C(COc1cc(CC(=O)O)cc(OCC)c1)c1cccc(N2CCOC2=O)c1. The van der Waals surface area contributed by atoms with Gasteiger partial charge in [-0.15, -0.1) is 0 Å². The highest BCUT2D eigenvalue weighted by Gasteiger charge is 2.24. The first-order valence-electron chi connectivity index (χ1n) is 10.8. The van der Waals surface area contributed by atoms with Crippen molar-refractivity contribution < 1.29 is 33.7 Å². The van der Waals surface area contributed by atoms with Crippen LogP contribution in [0, 0.1) is 0 Å². The summed E-state index contributed by atoms with van der Waals surface area (Å²) >= 11 is 0. The average molecular weight is 456 g/mol. The van der Waals surface area contributed by atoms with E-state index in [4.69, 9.17) is 24.2 Å². The Labute approximate surface area is 192 Å². The predicted octanol–water partition coefficient (Wildman–Crippen LogP) is 3.88. The van der Waals surface area contributed by atoms with E-state index in [0.717, 1.165) is 12.0 Å². The Morgan fingerprint density at radius 1 is 1.15 bits per heavy atom. The molecule has 1 aliphatic rings. The fraction of sp³-hybridized carbons (Fsp3) is 0.375. The predicted molar refractivity (Wildman–Crippen MR) is 122 cm³/mol. The summed E-state index contributed by atoms with van der Waals surface area (Å²) < 4.78 is 16.5. The maximum atomic E-state index is 11.9. The van der Waals surface area contributed by atoms with E-state index < -0.39 is 5.97 Å². The minimum absolute atomic E-state index is 0.0692. The van der Waals surface area contributed by atoms with Crippen molar-refractivity contribution in [1.29, 1.82) is 0 Å². The van der Waals surface area contributed by atoms with Gasteiger partial charge in [0, 0.05) is 17.3 Å². The number of carbonyl (C=O) groups is 2. The molecule has 0 aromatic heterocycles. The smallest absolute Gasteiger partial charge is 0.414 e. The molecule has 0 aliphatic carbocycles. The Balaban J connectivity index is 1.83. The van der Waals surface area contributed by atoms with Gasteiger partial charge in [-0.2, -0.15) is 0 Å². The zero-order chi connectivity index (χ0) is 23.6. The third-order valence-electron chi connectivity index (χ3n) is 4.70. The normalized spacial score (nSPS) is 13.6. The molecule has 2 aromatic rings. The Hall–Kier alpha value is -3.75. The number of hydrogen-bond donors (Lipinski definition) is 1. The number of carbonyl (C=O) groups excluding carboxylic acids is 1. The zero-order valence-electron chi connectivity index (χ0n) is 18.8. The molecule has 1 saturated heterocycles. The number of hydrogen-bond acceptors (Lipinski definition) is 7. The van der Waals surface area contributed by atoms with Crippen LogP contribution in [0.4, 0.5) is 10.5 Å². The van der Waals surface area contributed by atoms with Crippen LogP contribution in [0.25, 0.3) is 0 Å². The van der Waals surface area contributed by atoms with E-state index in [1.54, 1.807) is 23.1 Å². The van der Waals surface area contributed by atoms with Gasteiger partial charge in [-0.1, -0.05) is 24.2 Å². The van der Waals surface area contributed by atoms with E-state index in [1.807, 2.05) is 38.1 Å². The van der Waals surface area contributed by atoms with Gasteiger partial charge < -0.3 is 24.2 Å². The summed E-state index contributed by atoms with van der Waals surface area (Å²) in [5.41, 5.74) is 2.52.